The Morgan fingerprint density at radius 2 is 1.79 bits per heavy atom. The predicted molar refractivity (Wildman–Crippen MR) is 73.3 cm³/mol. The van der Waals surface area contributed by atoms with Crippen molar-refractivity contribution in [1.82, 2.24) is 10.0 Å². The Morgan fingerprint density at radius 3 is 2.37 bits per heavy atom. The summed E-state index contributed by atoms with van der Waals surface area (Å²) in [5, 5.41) is 2.96. The van der Waals surface area contributed by atoms with E-state index in [4.69, 9.17) is 9.47 Å². The minimum absolute atomic E-state index is 0.162. The number of ether oxygens (including phenoxy) is 2. The highest BCUT2D eigenvalue weighted by Crippen LogP contribution is 2.29. The predicted octanol–water partition coefficient (Wildman–Crippen LogP) is 0.592. The van der Waals surface area contributed by atoms with E-state index < -0.39 is 10.0 Å². The maximum Gasteiger partial charge on any atom is 0.240 e. The van der Waals surface area contributed by atoms with Gasteiger partial charge in [-0.05, 0) is 32.1 Å². The molecule has 0 spiro atoms. The minimum Gasteiger partial charge on any atom is -0.493 e. The molecule has 108 valence electrons. The number of hydrogen-bond donors (Lipinski definition) is 2. The summed E-state index contributed by atoms with van der Waals surface area (Å²) in [4.78, 5) is 0.162. The van der Waals surface area contributed by atoms with Gasteiger partial charge in [0.2, 0.25) is 10.0 Å². The number of methoxy groups -OCH3 is 2. The first-order valence-electron chi connectivity index (χ1n) is 5.91. The number of nitrogens with one attached hydrogen (secondary N) is 2. The fraction of sp³-hybridized carbons (Fsp3) is 0.500. The zero-order chi connectivity index (χ0) is 14.3. The van der Waals surface area contributed by atoms with Gasteiger partial charge in [0.25, 0.3) is 0 Å². The van der Waals surface area contributed by atoms with Crippen LogP contribution in [0.3, 0.4) is 0 Å². The van der Waals surface area contributed by atoms with Crippen LogP contribution in [0.1, 0.15) is 6.42 Å². The number of benzene rings is 1. The van der Waals surface area contributed by atoms with Crippen molar-refractivity contribution in [2.75, 3.05) is 34.4 Å². The van der Waals surface area contributed by atoms with Crippen molar-refractivity contribution >= 4 is 10.0 Å². The molecule has 6 nitrogen and oxygen atoms in total. The van der Waals surface area contributed by atoms with Crippen molar-refractivity contribution in [3.8, 4) is 11.5 Å². The monoisotopic (exact) mass is 288 g/mol. The van der Waals surface area contributed by atoms with Crippen molar-refractivity contribution in [2.24, 2.45) is 0 Å². The van der Waals surface area contributed by atoms with E-state index in [0.29, 0.717) is 18.0 Å². The van der Waals surface area contributed by atoms with Gasteiger partial charge < -0.3 is 14.8 Å². The van der Waals surface area contributed by atoms with Gasteiger partial charge in [0.1, 0.15) is 0 Å². The summed E-state index contributed by atoms with van der Waals surface area (Å²) in [5.41, 5.74) is 0. The highest BCUT2D eigenvalue weighted by molar-refractivity contribution is 7.89. The lowest BCUT2D eigenvalue weighted by atomic mass is 10.3. The highest BCUT2D eigenvalue weighted by Gasteiger charge is 2.16. The van der Waals surface area contributed by atoms with E-state index in [0.717, 1.165) is 13.0 Å². The molecule has 0 unspecified atom stereocenters. The molecule has 0 amide bonds. The van der Waals surface area contributed by atoms with Crippen molar-refractivity contribution in [2.45, 2.75) is 11.3 Å². The lowest BCUT2D eigenvalue weighted by molar-refractivity contribution is 0.354. The molecule has 19 heavy (non-hydrogen) atoms. The number of hydrogen-bond acceptors (Lipinski definition) is 5. The van der Waals surface area contributed by atoms with Gasteiger partial charge in [-0.2, -0.15) is 0 Å². The second-order valence-electron chi connectivity index (χ2n) is 3.87. The SMILES string of the molecule is CNCCCNS(=O)(=O)c1ccc(OC)c(OC)c1. The molecule has 2 N–H and O–H groups in total. The molecule has 1 rings (SSSR count). The zero-order valence-corrected chi connectivity index (χ0v) is 12.2. The van der Waals surface area contributed by atoms with Crippen LogP contribution < -0.4 is 19.5 Å². The average Bonchev–Trinajstić information content (AvgIpc) is 2.42. The second-order valence-corrected chi connectivity index (χ2v) is 5.64. The van der Waals surface area contributed by atoms with Gasteiger partial charge in [-0.3, -0.25) is 0 Å². The Hall–Kier alpha value is -1.31. The third-order valence-electron chi connectivity index (χ3n) is 2.56. The first-order chi connectivity index (χ1) is 9.05. The van der Waals surface area contributed by atoms with Gasteiger partial charge in [0, 0.05) is 12.6 Å². The molecule has 0 heterocycles. The fourth-order valence-electron chi connectivity index (χ4n) is 1.54. The maximum atomic E-state index is 12.0. The Bertz CT molecular complexity index is 502. The molecule has 0 aliphatic heterocycles. The Balaban J connectivity index is 2.83. The molecule has 0 aliphatic carbocycles. The lowest BCUT2D eigenvalue weighted by Crippen LogP contribution is -2.26. The molecule has 0 saturated carbocycles. The quantitative estimate of drug-likeness (QED) is 0.685. The maximum absolute atomic E-state index is 12.0. The van der Waals surface area contributed by atoms with E-state index >= 15 is 0 Å². The molecule has 0 aliphatic rings. The lowest BCUT2D eigenvalue weighted by Gasteiger charge is -2.11. The molecule has 0 aromatic heterocycles. The summed E-state index contributed by atoms with van der Waals surface area (Å²) in [6.07, 6.45) is 0.725. The third kappa shape index (κ3) is 4.38. The normalized spacial score (nSPS) is 11.3. The smallest absolute Gasteiger partial charge is 0.240 e. The molecule has 0 bridgehead atoms. The van der Waals surface area contributed by atoms with E-state index in [9.17, 15) is 8.42 Å². The molecule has 1 aromatic rings. The van der Waals surface area contributed by atoms with Crippen LogP contribution in [0.2, 0.25) is 0 Å². The summed E-state index contributed by atoms with van der Waals surface area (Å²) >= 11 is 0. The van der Waals surface area contributed by atoms with Crippen LogP contribution >= 0.6 is 0 Å². The van der Waals surface area contributed by atoms with Crippen LogP contribution in [-0.4, -0.2) is 42.8 Å². The molecule has 0 atom stereocenters. The van der Waals surface area contributed by atoms with E-state index in [2.05, 4.69) is 10.0 Å². The molecule has 0 fully saturated rings. The van der Waals surface area contributed by atoms with Gasteiger partial charge >= 0.3 is 0 Å². The summed E-state index contributed by atoms with van der Waals surface area (Å²) in [5.74, 6) is 0.886. The number of rotatable bonds is 8. The molecular weight excluding hydrogens is 268 g/mol. The second kappa shape index (κ2) is 7.32. The van der Waals surface area contributed by atoms with Crippen LogP contribution in [0.4, 0.5) is 0 Å². The summed E-state index contributed by atoms with van der Waals surface area (Å²) in [7, 11) is 1.28. The van der Waals surface area contributed by atoms with E-state index in [1.165, 1.54) is 26.4 Å². The van der Waals surface area contributed by atoms with Crippen LogP contribution in [0, 0.1) is 0 Å². The summed E-state index contributed by atoms with van der Waals surface area (Å²) in [6.45, 7) is 1.14. The van der Waals surface area contributed by atoms with Crippen LogP contribution in [-0.2, 0) is 10.0 Å². The summed E-state index contributed by atoms with van der Waals surface area (Å²) < 4.78 is 36.8. The fourth-order valence-corrected chi connectivity index (χ4v) is 2.63. The minimum atomic E-state index is -3.51. The van der Waals surface area contributed by atoms with Crippen LogP contribution in [0.15, 0.2) is 23.1 Å². The van der Waals surface area contributed by atoms with Crippen molar-refractivity contribution in [3.63, 3.8) is 0 Å². The molecule has 1 aromatic carbocycles. The van der Waals surface area contributed by atoms with E-state index in [1.54, 1.807) is 6.07 Å². The van der Waals surface area contributed by atoms with Gasteiger partial charge in [-0.15, -0.1) is 0 Å². The topological polar surface area (TPSA) is 76.7 Å². The van der Waals surface area contributed by atoms with Gasteiger partial charge in [-0.1, -0.05) is 0 Å². The Labute approximate surface area is 114 Å². The standard InChI is InChI=1S/C12H20N2O4S/c1-13-7-4-8-14-19(15,16)10-5-6-11(17-2)12(9-10)18-3/h5-6,9,13-14H,4,7-8H2,1-3H3. The van der Waals surface area contributed by atoms with E-state index in [1.807, 2.05) is 7.05 Å². The largest absolute Gasteiger partial charge is 0.493 e. The molecule has 0 saturated heterocycles. The molecule has 0 radical (unpaired) electrons. The Morgan fingerprint density at radius 1 is 1.11 bits per heavy atom. The van der Waals surface area contributed by atoms with Crippen LogP contribution in [0.25, 0.3) is 0 Å². The Kier molecular flexibility index (Phi) is 6.07. The third-order valence-corrected chi connectivity index (χ3v) is 4.02. The van der Waals surface area contributed by atoms with E-state index in [-0.39, 0.29) is 4.90 Å². The van der Waals surface area contributed by atoms with Crippen molar-refractivity contribution in [1.29, 1.82) is 0 Å². The highest BCUT2D eigenvalue weighted by atomic mass is 32.2. The van der Waals surface area contributed by atoms with Crippen LogP contribution in [0.5, 0.6) is 11.5 Å². The molecular formula is C12H20N2O4S. The first kappa shape index (κ1) is 15.7. The van der Waals surface area contributed by atoms with Crippen molar-refractivity contribution in [3.05, 3.63) is 18.2 Å². The van der Waals surface area contributed by atoms with Gasteiger partial charge in [0.15, 0.2) is 11.5 Å². The first-order valence-corrected chi connectivity index (χ1v) is 7.39. The van der Waals surface area contributed by atoms with Gasteiger partial charge in [0.05, 0.1) is 19.1 Å². The average molecular weight is 288 g/mol. The number of sulfonamides is 1. The summed E-state index contributed by atoms with van der Waals surface area (Å²) in [6, 6.07) is 4.50. The molecule has 7 heteroatoms. The van der Waals surface area contributed by atoms with Gasteiger partial charge in [-0.25, -0.2) is 13.1 Å². The zero-order valence-electron chi connectivity index (χ0n) is 11.4. The van der Waals surface area contributed by atoms with Crippen molar-refractivity contribution < 1.29 is 17.9 Å².